The minimum atomic E-state index is -3.73. The molecule has 1 aliphatic rings. The summed E-state index contributed by atoms with van der Waals surface area (Å²) >= 11 is 0. The first-order valence-electron chi connectivity index (χ1n) is 8.61. The molecule has 0 saturated heterocycles. The van der Waals surface area contributed by atoms with Crippen molar-refractivity contribution in [3.8, 4) is 0 Å². The Morgan fingerprint density at radius 3 is 2.25 bits per heavy atom. The molecule has 1 saturated carbocycles. The van der Waals surface area contributed by atoms with Gasteiger partial charge < -0.3 is 0 Å². The molecule has 4 heteroatoms. The molecular weight excluding hydrogens is 320 g/mol. The van der Waals surface area contributed by atoms with E-state index in [-0.39, 0.29) is 16.9 Å². The van der Waals surface area contributed by atoms with Crippen molar-refractivity contribution in [1.29, 1.82) is 0 Å². The van der Waals surface area contributed by atoms with E-state index in [4.69, 9.17) is 4.18 Å². The first kappa shape index (κ1) is 17.2. The lowest BCUT2D eigenvalue weighted by atomic mass is 9.90. The SMILES string of the molecule is Cc1ccc(S(=O)(=O)O[C@H]2CCCCC[C@H]2c2ccccc2)cc1. The first-order chi connectivity index (χ1) is 11.6. The van der Waals surface area contributed by atoms with E-state index in [1.165, 1.54) is 5.56 Å². The summed E-state index contributed by atoms with van der Waals surface area (Å²) in [6.07, 6.45) is 4.72. The molecule has 2 atom stereocenters. The van der Waals surface area contributed by atoms with Gasteiger partial charge in [-0.15, -0.1) is 0 Å². The first-order valence-corrected chi connectivity index (χ1v) is 10.0. The van der Waals surface area contributed by atoms with Gasteiger partial charge in [0.1, 0.15) is 0 Å². The largest absolute Gasteiger partial charge is 0.297 e. The molecule has 24 heavy (non-hydrogen) atoms. The van der Waals surface area contributed by atoms with E-state index < -0.39 is 10.1 Å². The Hall–Kier alpha value is -1.65. The Bertz CT molecular complexity index is 751. The van der Waals surface area contributed by atoms with Crippen molar-refractivity contribution in [2.75, 3.05) is 0 Å². The van der Waals surface area contributed by atoms with Gasteiger partial charge in [-0.1, -0.05) is 67.3 Å². The standard InChI is InChI=1S/C20H24O3S/c1-16-12-14-18(15-13-16)24(21,22)23-20-11-7-3-6-10-19(20)17-8-4-2-5-9-17/h2,4-5,8-9,12-15,19-20H,3,6-7,10-11H2,1H3/t19-,20-/m0/s1. The predicted octanol–water partition coefficient (Wildman–Crippen LogP) is 4.82. The molecule has 0 amide bonds. The highest BCUT2D eigenvalue weighted by molar-refractivity contribution is 7.86. The van der Waals surface area contributed by atoms with Crippen molar-refractivity contribution < 1.29 is 12.6 Å². The van der Waals surface area contributed by atoms with Crippen LogP contribution in [0.4, 0.5) is 0 Å². The van der Waals surface area contributed by atoms with Crippen LogP contribution in [0.1, 0.15) is 49.1 Å². The fraction of sp³-hybridized carbons (Fsp3) is 0.400. The third-order valence-electron chi connectivity index (χ3n) is 4.74. The Balaban J connectivity index is 1.85. The van der Waals surface area contributed by atoms with Gasteiger partial charge >= 0.3 is 0 Å². The molecular formula is C20H24O3S. The second-order valence-corrected chi connectivity index (χ2v) is 8.13. The molecule has 1 aliphatic carbocycles. The van der Waals surface area contributed by atoms with E-state index in [1.54, 1.807) is 24.3 Å². The molecule has 0 heterocycles. The summed E-state index contributed by atoms with van der Waals surface area (Å²) in [4.78, 5) is 0.240. The van der Waals surface area contributed by atoms with Crippen LogP contribution in [-0.4, -0.2) is 14.5 Å². The second kappa shape index (κ2) is 7.49. The quantitative estimate of drug-likeness (QED) is 0.590. The van der Waals surface area contributed by atoms with E-state index in [9.17, 15) is 8.42 Å². The van der Waals surface area contributed by atoms with E-state index in [2.05, 4.69) is 12.1 Å². The molecule has 0 aliphatic heterocycles. The highest BCUT2D eigenvalue weighted by Crippen LogP contribution is 2.35. The molecule has 2 aromatic rings. The lowest BCUT2D eigenvalue weighted by Gasteiger charge is -2.25. The van der Waals surface area contributed by atoms with E-state index in [0.717, 1.165) is 37.7 Å². The second-order valence-electron chi connectivity index (χ2n) is 6.56. The Labute approximate surface area is 144 Å². The Morgan fingerprint density at radius 1 is 0.875 bits per heavy atom. The molecule has 0 spiro atoms. The van der Waals surface area contributed by atoms with Gasteiger partial charge in [0.25, 0.3) is 10.1 Å². The van der Waals surface area contributed by atoms with Gasteiger partial charge in [0.15, 0.2) is 0 Å². The minimum absolute atomic E-state index is 0.133. The monoisotopic (exact) mass is 344 g/mol. The maximum absolute atomic E-state index is 12.7. The molecule has 2 aromatic carbocycles. The summed E-state index contributed by atoms with van der Waals surface area (Å²) in [7, 11) is -3.73. The molecule has 3 nitrogen and oxygen atoms in total. The topological polar surface area (TPSA) is 43.4 Å². The number of hydrogen-bond acceptors (Lipinski definition) is 3. The van der Waals surface area contributed by atoms with Gasteiger partial charge in [-0.25, -0.2) is 0 Å². The van der Waals surface area contributed by atoms with Crippen LogP contribution in [0.15, 0.2) is 59.5 Å². The van der Waals surface area contributed by atoms with Gasteiger partial charge in [0.2, 0.25) is 0 Å². The van der Waals surface area contributed by atoms with Crippen molar-refractivity contribution in [1.82, 2.24) is 0 Å². The van der Waals surface area contributed by atoms with Gasteiger partial charge in [0, 0.05) is 5.92 Å². The van der Waals surface area contributed by atoms with Crippen LogP contribution in [0.25, 0.3) is 0 Å². The average Bonchev–Trinajstić information content (AvgIpc) is 2.81. The van der Waals surface area contributed by atoms with E-state index in [0.29, 0.717) is 0 Å². The van der Waals surface area contributed by atoms with Crippen LogP contribution in [-0.2, 0) is 14.3 Å². The number of aryl methyl sites for hydroxylation is 1. The number of benzene rings is 2. The van der Waals surface area contributed by atoms with Gasteiger partial charge in [-0.3, -0.25) is 4.18 Å². The molecule has 0 unspecified atom stereocenters. The smallest absolute Gasteiger partial charge is 0.262 e. The van der Waals surface area contributed by atoms with Crippen LogP contribution in [0.2, 0.25) is 0 Å². The number of rotatable bonds is 4. The Morgan fingerprint density at radius 2 is 1.54 bits per heavy atom. The normalized spacial score (nSPS) is 22.0. The molecule has 0 N–H and O–H groups in total. The lowest BCUT2D eigenvalue weighted by molar-refractivity contribution is 0.168. The van der Waals surface area contributed by atoms with Gasteiger partial charge in [-0.2, -0.15) is 8.42 Å². The van der Waals surface area contributed by atoms with Crippen molar-refractivity contribution in [3.63, 3.8) is 0 Å². The summed E-state index contributed by atoms with van der Waals surface area (Å²) in [5.41, 5.74) is 2.20. The molecule has 0 aromatic heterocycles. The summed E-state index contributed by atoms with van der Waals surface area (Å²) < 4.78 is 31.1. The van der Waals surface area contributed by atoms with Crippen molar-refractivity contribution in [2.45, 2.75) is 55.9 Å². The fourth-order valence-electron chi connectivity index (χ4n) is 3.39. The van der Waals surface area contributed by atoms with E-state index >= 15 is 0 Å². The van der Waals surface area contributed by atoms with Crippen LogP contribution < -0.4 is 0 Å². The van der Waals surface area contributed by atoms with E-state index in [1.807, 2.05) is 25.1 Å². The highest BCUT2D eigenvalue weighted by atomic mass is 32.2. The summed E-state index contributed by atoms with van der Waals surface area (Å²) in [5, 5.41) is 0. The zero-order valence-electron chi connectivity index (χ0n) is 14.0. The molecule has 0 radical (unpaired) electrons. The zero-order chi connectivity index (χ0) is 17.0. The molecule has 128 valence electrons. The van der Waals surface area contributed by atoms with Gasteiger partial charge in [-0.05, 0) is 37.5 Å². The highest BCUT2D eigenvalue weighted by Gasteiger charge is 2.30. The summed E-state index contributed by atoms with van der Waals surface area (Å²) in [6.45, 7) is 1.94. The molecule has 1 fully saturated rings. The lowest BCUT2D eigenvalue weighted by Crippen LogP contribution is -2.25. The predicted molar refractivity (Wildman–Crippen MR) is 95.5 cm³/mol. The third kappa shape index (κ3) is 4.05. The maximum Gasteiger partial charge on any atom is 0.297 e. The zero-order valence-corrected chi connectivity index (χ0v) is 14.8. The molecule has 0 bridgehead atoms. The fourth-order valence-corrected chi connectivity index (χ4v) is 4.53. The summed E-state index contributed by atoms with van der Waals surface area (Å²) in [6, 6.07) is 17.0. The minimum Gasteiger partial charge on any atom is -0.262 e. The Kier molecular flexibility index (Phi) is 5.36. The van der Waals surface area contributed by atoms with Crippen LogP contribution in [0, 0.1) is 6.92 Å². The average molecular weight is 344 g/mol. The van der Waals surface area contributed by atoms with Crippen molar-refractivity contribution in [3.05, 3.63) is 65.7 Å². The maximum atomic E-state index is 12.7. The van der Waals surface area contributed by atoms with Crippen LogP contribution in [0.3, 0.4) is 0 Å². The molecule has 3 rings (SSSR count). The van der Waals surface area contributed by atoms with Crippen molar-refractivity contribution >= 4 is 10.1 Å². The van der Waals surface area contributed by atoms with Crippen LogP contribution >= 0.6 is 0 Å². The van der Waals surface area contributed by atoms with Crippen LogP contribution in [0.5, 0.6) is 0 Å². The van der Waals surface area contributed by atoms with Gasteiger partial charge in [0.05, 0.1) is 11.0 Å². The van der Waals surface area contributed by atoms with Crippen molar-refractivity contribution in [2.24, 2.45) is 0 Å². The third-order valence-corrected chi connectivity index (χ3v) is 6.09. The summed E-state index contributed by atoms with van der Waals surface area (Å²) in [5.74, 6) is 0.133. The number of hydrogen-bond donors (Lipinski definition) is 0.